The van der Waals surface area contributed by atoms with E-state index in [9.17, 15) is 17.6 Å². The fraction of sp³-hybridized carbons (Fsp3) is 0.269. The summed E-state index contributed by atoms with van der Waals surface area (Å²) in [4.78, 5) is 17.3. The molecule has 0 spiro atoms. The Morgan fingerprint density at radius 2 is 1.57 bits per heavy atom. The molecular weight excluding hydrogens is 467 g/mol. The first-order valence-electron chi connectivity index (χ1n) is 11.4. The first-order valence-corrected chi connectivity index (χ1v) is 13.2. The predicted octanol–water partition coefficient (Wildman–Crippen LogP) is 3.80. The molecule has 0 saturated carbocycles. The Hall–Kier alpha value is -3.43. The number of para-hydroxylation sites is 1. The van der Waals surface area contributed by atoms with Crippen LogP contribution in [-0.4, -0.2) is 58.7 Å². The van der Waals surface area contributed by atoms with E-state index in [0.717, 1.165) is 42.4 Å². The Morgan fingerprint density at radius 3 is 2.17 bits per heavy atom. The van der Waals surface area contributed by atoms with Crippen molar-refractivity contribution >= 4 is 33.0 Å². The maximum Gasteiger partial charge on any atom is 0.255 e. The van der Waals surface area contributed by atoms with E-state index in [0.29, 0.717) is 16.8 Å². The molecule has 1 aliphatic rings. The summed E-state index contributed by atoms with van der Waals surface area (Å²) < 4.78 is 39.8. The Kier molecular flexibility index (Phi) is 7.37. The van der Waals surface area contributed by atoms with Crippen molar-refractivity contribution in [2.75, 3.05) is 54.0 Å². The van der Waals surface area contributed by atoms with Gasteiger partial charge in [-0.25, -0.2) is 12.8 Å². The summed E-state index contributed by atoms with van der Waals surface area (Å²) in [6.07, 6.45) is 1.04. The van der Waals surface area contributed by atoms with Gasteiger partial charge in [0.15, 0.2) is 0 Å². The Morgan fingerprint density at radius 1 is 0.943 bits per heavy atom. The van der Waals surface area contributed by atoms with Crippen molar-refractivity contribution in [3.05, 3.63) is 89.7 Å². The van der Waals surface area contributed by atoms with E-state index in [2.05, 4.69) is 22.2 Å². The molecule has 1 N–H and O–H groups in total. The number of sulfonamides is 1. The van der Waals surface area contributed by atoms with Gasteiger partial charge < -0.3 is 15.1 Å². The van der Waals surface area contributed by atoms with Gasteiger partial charge in [0.05, 0.1) is 18.5 Å². The van der Waals surface area contributed by atoms with Crippen LogP contribution in [0.15, 0.2) is 72.8 Å². The summed E-state index contributed by atoms with van der Waals surface area (Å²) >= 11 is 0. The maximum absolute atomic E-state index is 14.2. The lowest BCUT2D eigenvalue weighted by molar-refractivity contribution is 0.102. The van der Waals surface area contributed by atoms with Gasteiger partial charge in [-0.1, -0.05) is 24.3 Å². The van der Waals surface area contributed by atoms with Crippen LogP contribution in [0.4, 0.5) is 21.5 Å². The quantitative estimate of drug-likeness (QED) is 0.539. The van der Waals surface area contributed by atoms with Crippen LogP contribution in [0.3, 0.4) is 0 Å². The molecule has 0 unspecified atom stereocenters. The highest BCUT2D eigenvalue weighted by Crippen LogP contribution is 2.24. The fourth-order valence-corrected chi connectivity index (χ4v) is 4.87. The van der Waals surface area contributed by atoms with E-state index < -0.39 is 15.8 Å². The fourth-order valence-electron chi connectivity index (χ4n) is 3.99. The molecule has 0 radical (unpaired) electrons. The highest BCUT2D eigenvalue weighted by Gasteiger charge is 2.21. The average Bonchev–Trinajstić information content (AvgIpc) is 2.84. The van der Waals surface area contributed by atoms with E-state index in [1.165, 1.54) is 18.2 Å². The lowest BCUT2D eigenvalue weighted by Crippen LogP contribution is -2.44. The monoisotopic (exact) mass is 496 g/mol. The van der Waals surface area contributed by atoms with E-state index >= 15 is 0 Å². The number of carbonyl (C=O) groups excluding carboxylic acids is 1. The van der Waals surface area contributed by atoms with E-state index in [-0.39, 0.29) is 18.1 Å². The topological polar surface area (TPSA) is 73.0 Å². The zero-order valence-electron chi connectivity index (χ0n) is 19.8. The Balaban J connectivity index is 1.41. The molecule has 3 aromatic carbocycles. The van der Waals surface area contributed by atoms with Gasteiger partial charge in [0, 0.05) is 43.1 Å². The van der Waals surface area contributed by atoms with Gasteiger partial charge in [0.2, 0.25) is 10.0 Å². The molecule has 3 aromatic rings. The van der Waals surface area contributed by atoms with Crippen LogP contribution in [0.25, 0.3) is 0 Å². The lowest BCUT2D eigenvalue weighted by Gasteiger charge is -2.34. The van der Waals surface area contributed by atoms with Gasteiger partial charge in [-0.15, -0.1) is 0 Å². The smallest absolute Gasteiger partial charge is 0.255 e. The van der Waals surface area contributed by atoms with Gasteiger partial charge in [0.25, 0.3) is 5.91 Å². The number of piperazine rings is 1. The molecular formula is C26H29FN4O3S. The molecule has 1 heterocycles. The van der Waals surface area contributed by atoms with Crippen molar-refractivity contribution in [3.63, 3.8) is 0 Å². The van der Waals surface area contributed by atoms with E-state index in [4.69, 9.17) is 0 Å². The van der Waals surface area contributed by atoms with Crippen molar-refractivity contribution in [3.8, 4) is 0 Å². The number of hydrogen-bond donors (Lipinski definition) is 1. The molecule has 1 fully saturated rings. The summed E-state index contributed by atoms with van der Waals surface area (Å²) in [6, 6.07) is 20.1. The number of hydrogen-bond acceptors (Lipinski definition) is 5. The molecule has 35 heavy (non-hydrogen) atoms. The van der Waals surface area contributed by atoms with Gasteiger partial charge >= 0.3 is 0 Å². The van der Waals surface area contributed by atoms with Gasteiger partial charge in [0.1, 0.15) is 5.82 Å². The van der Waals surface area contributed by atoms with Crippen LogP contribution in [0.5, 0.6) is 0 Å². The molecule has 0 aliphatic carbocycles. The number of nitrogens with zero attached hydrogens (tertiary/aromatic N) is 3. The second-order valence-electron chi connectivity index (χ2n) is 8.71. The largest absolute Gasteiger partial charge is 0.369 e. The number of carbonyl (C=O) groups is 1. The van der Waals surface area contributed by atoms with Crippen LogP contribution in [0, 0.1) is 5.82 Å². The highest BCUT2D eigenvalue weighted by molar-refractivity contribution is 7.92. The lowest BCUT2D eigenvalue weighted by atomic mass is 10.1. The minimum atomic E-state index is -3.71. The summed E-state index contributed by atoms with van der Waals surface area (Å²) in [6.45, 7) is 3.95. The first-order chi connectivity index (χ1) is 16.7. The molecule has 0 bridgehead atoms. The number of amides is 1. The summed E-state index contributed by atoms with van der Waals surface area (Å²) in [5, 5.41) is 2.89. The van der Waals surface area contributed by atoms with Crippen molar-refractivity contribution < 1.29 is 17.6 Å². The van der Waals surface area contributed by atoms with E-state index in [1.54, 1.807) is 30.3 Å². The minimum absolute atomic E-state index is 0.0168. The van der Waals surface area contributed by atoms with Crippen LogP contribution in [0.2, 0.25) is 0 Å². The molecule has 9 heteroatoms. The van der Waals surface area contributed by atoms with Crippen molar-refractivity contribution in [2.24, 2.45) is 0 Å². The average molecular weight is 497 g/mol. The third-order valence-electron chi connectivity index (χ3n) is 6.06. The van der Waals surface area contributed by atoms with Crippen LogP contribution < -0.4 is 14.5 Å². The minimum Gasteiger partial charge on any atom is -0.369 e. The van der Waals surface area contributed by atoms with Gasteiger partial charge in [-0.2, -0.15) is 0 Å². The number of likely N-dealkylation sites (N-methyl/N-ethyl adjacent to an activating group) is 1. The zero-order chi connectivity index (χ0) is 25.0. The standard InChI is InChI=1S/C26H29FN4O3S/c1-29-15-17-30(18-16-29)23-13-11-22(12-14-23)28-26(32)21-9-7-20(8-10-21)19-31(35(2,33)34)25-6-4-3-5-24(25)27/h3-14H,15-19H2,1-2H3,(H,28,32). The third kappa shape index (κ3) is 6.17. The molecule has 7 nitrogen and oxygen atoms in total. The molecule has 1 amide bonds. The maximum atomic E-state index is 14.2. The van der Waals surface area contributed by atoms with Gasteiger partial charge in [-0.3, -0.25) is 9.10 Å². The third-order valence-corrected chi connectivity index (χ3v) is 7.18. The first kappa shape index (κ1) is 24.7. The molecule has 4 rings (SSSR count). The van der Waals surface area contributed by atoms with Crippen LogP contribution >= 0.6 is 0 Å². The van der Waals surface area contributed by atoms with Crippen molar-refractivity contribution in [1.29, 1.82) is 0 Å². The highest BCUT2D eigenvalue weighted by atomic mass is 32.2. The molecule has 1 saturated heterocycles. The van der Waals surface area contributed by atoms with Crippen LogP contribution in [-0.2, 0) is 16.6 Å². The van der Waals surface area contributed by atoms with Gasteiger partial charge in [-0.05, 0) is 61.1 Å². The molecule has 1 aliphatic heterocycles. The summed E-state index contributed by atoms with van der Waals surface area (Å²) in [5.41, 5.74) is 2.88. The summed E-state index contributed by atoms with van der Waals surface area (Å²) in [5.74, 6) is -0.884. The number of nitrogens with one attached hydrogen (secondary N) is 1. The number of benzene rings is 3. The SMILES string of the molecule is CN1CCN(c2ccc(NC(=O)c3ccc(CN(c4ccccc4F)S(C)(=O)=O)cc3)cc2)CC1. The van der Waals surface area contributed by atoms with Crippen molar-refractivity contribution in [2.45, 2.75) is 6.54 Å². The Bertz CT molecular complexity index is 1270. The molecule has 0 aromatic heterocycles. The van der Waals surface area contributed by atoms with Crippen molar-refractivity contribution in [1.82, 2.24) is 4.90 Å². The summed E-state index contributed by atoms with van der Waals surface area (Å²) in [7, 11) is -1.59. The molecule has 184 valence electrons. The molecule has 0 atom stereocenters. The second-order valence-corrected chi connectivity index (χ2v) is 10.6. The predicted molar refractivity (Wildman–Crippen MR) is 138 cm³/mol. The number of halogens is 1. The Labute approximate surface area is 205 Å². The number of rotatable bonds is 7. The van der Waals surface area contributed by atoms with E-state index in [1.807, 2.05) is 24.3 Å². The zero-order valence-corrected chi connectivity index (χ0v) is 20.6. The van der Waals surface area contributed by atoms with Crippen LogP contribution in [0.1, 0.15) is 15.9 Å². The second kappa shape index (κ2) is 10.5. The number of anilines is 3. The normalized spacial score (nSPS) is 14.5.